The van der Waals surface area contributed by atoms with Gasteiger partial charge >= 0.3 is 0 Å². The zero-order chi connectivity index (χ0) is 13.8. The smallest absolute Gasteiger partial charge is 0.246 e. The van der Waals surface area contributed by atoms with E-state index in [-0.39, 0.29) is 12.5 Å². The van der Waals surface area contributed by atoms with Gasteiger partial charge in [0.1, 0.15) is 6.54 Å². The number of nitrogens with zero attached hydrogens (tertiary/aromatic N) is 3. The van der Waals surface area contributed by atoms with E-state index in [2.05, 4.69) is 38.2 Å². The molecule has 1 amide bonds. The molecule has 0 fully saturated rings. The van der Waals surface area contributed by atoms with Gasteiger partial charge in [0.05, 0.1) is 11.9 Å². The van der Waals surface area contributed by atoms with Crippen molar-refractivity contribution in [1.29, 1.82) is 0 Å². The van der Waals surface area contributed by atoms with E-state index in [1.54, 1.807) is 6.20 Å². The third kappa shape index (κ3) is 3.74. The Kier molecular flexibility index (Phi) is 4.48. The highest BCUT2D eigenvalue weighted by molar-refractivity contribution is 14.1. The molecular formula is C12H14IN5O. The fourth-order valence-electron chi connectivity index (χ4n) is 1.61. The molecule has 0 saturated heterocycles. The number of hydrogen-bond donors (Lipinski definition) is 2. The van der Waals surface area contributed by atoms with E-state index in [4.69, 9.17) is 5.73 Å². The molecular weight excluding hydrogens is 357 g/mol. The maximum atomic E-state index is 11.9. The Morgan fingerprint density at radius 3 is 2.95 bits per heavy atom. The number of nitrogens with one attached hydrogen (secondary N) is 1. The molecule has 2 aromatic rings. The van der Waals surface area contributed by atoms with E-state index >= 15 is 0 Å². The van der Waals surface area contributed by atoms with Crippen molar-refractivity contribution in [2.45, 2.75) is 20.0 Å². The number of carbonyl (C=O) groups excluding carboxylic acids is 1. The van der Waals surface area contributed by atoms with Crippen LogP contribution in [0.15, 0.2) is 24.4 Å². The van der Waals surface area contributed by atoms with Crippen LogP contribution in [0.2, 0.25) is 0 Å². The van der Waals surface area contributed by atoms with E-state index in [9.17, 15) is 4.79 Å². The Bertz CT molecular complexity index is 596. The van der Waals surface area contributed by atoms with Gasteiger partial charge in [-0.2, -0.15) is 0 Å². The number of benzene rings is 1. The van der Waals surface area contributed by atoms with Gasteiger partial charge in [0.25, 0.3) is 0 Å². The first kappa shape index (κ1) is 13.9. The van der Waals surface area contributed by atoms with Crippen LogP contribution in [0, 0.1) is 10.5 Å². The molecule has 0 atom stereocenters. The predicted molar refractivity (Wildman–Crippen MR) is 80.4 cm³/mol. The molecule has 6 nitrogen and oxygen atoms in total. The van der Waals surface area contributed by atoms with Crippen LogP contribution >= 0.6 is 22.6 Å². The Hall–Kier alpha value is -1.48. The van der Waals surface area contributed by atoms with Crippen molar-refractivity contribution < 1.29 is 4.79 Å². The van der Waals surface area contributed by atoms with Gasteiger partial charge in [0, 0.05) is 15.8 Å². The maximum absolute atomic E-state index is 11.9. The lowest BCUT2D eigenvalue weighted by Crippen LogP contribution is -2.19. The standard InChI is InChI=1S/C12H14IN5O/c1-8-4-9(13)2-3-11(8)15-12(19)7-18-6-10(5-14)16-17-18/h2-4,6H,5,7,14H2,1H3,(H,15,19). The largest absolute Gasteiger partial charge is 0.325 e. The average molecular weight is 371 g/mol. The van der Waals surface area contributed by atoms with Crippen LogP contribution in [0.4, 0.5) is 5.69 Å². The second-order valence-electron chi connectivity index (χ2n) is 4.12. The minimum atomic E-state index is -0.141. The van der Waals surface area contributed by atoms with E-state index in [0.29, 0.717) is 12.2 Å². The van der Waals surface area contributed by atoms with Crippen LogP contribution < -0.4 is 11.1 Å². The van der Waals surface area contributed by atoms with Gasteiger partial charge in [0.15, 0.2) is 0 Å². The number of halogens is 1. The van der Waals surface area contributed by atoms with Crippen molar-refractivity contribution in [2.24, 2.45) is 5.73 Å². The topological polar surface area (TPSA) is 85.8 Å². The molecule has 100 valence electrons. The molecule has 3 N–H and O–H groups in total. The number of carbonyl (C=O) groups is 1. The summed E-state index contributed by atoms with van der Waals surface area (Å²) in [7, 11) is 0. The maximum Gasteiger partial charge on any atom is 0.246 e. The summed E-state index contributed by atoms with van der Waals surface area (Å²) in [6.07, 6.45) is 1.67. The van der Waals surface area contributed by atoms with E-state index in [1.807, 2.05) is 25.1 Å². The normalized spacial score (nSPS) is 10.5. The van der Waals surface area contributed by atoms with E-state index in [1.165, 1.54) is 4.68 Å². The Morgan fingerprint density at radius 2 is 2.32 bits per heavy atom. The Labute approximate surface area is 124 Å². The van der Waals surface area contributed by atoms with Crippen molar-refractivity contribution in [3.8, 4) is 0 Å². The molecule has 2 rings (SSSR count). The van der Waals surface area contributed by atoms with E-state index in [0.717, 1.165) is 14.8 Å². The summed E-state index contributed by atoms with van der Waals surface area (Å²) in [6.45, 7) is 2.40. The fourth-order valence-corrected chi connectivity index (χ4v) is 2.26. The molecule has 0 spiro atoms. The van der Waals surface area contributed by atoms with Crippen molar-refractivity contribution >= 4 is 34.2 Å². The second kappa shape index (κ2) is 6.11. The van der Waals surface area contributed by atoms with Crippen LogP contribution in [0.1, 0.15) is 11.3 Å². The quantitative estimate of drug-likeness (QED) is 0.794. The number of hydrogen-bond acceptors (Lipinski definition) is 4. The number of aryl methyl sites for hydroxylation is 1. The highest BCUT2D eigenvalue weighted by Gasteiger charge is 2.07. The summed E-state index contributed by atoms with van der Waals surface area (Å²) in [5.74, 6) is -0.141. The van der Waals surface area contributed by atoms with Gasteiger partial charge in [-0.05, 0) is 53.3 Å². The summed E-state index contributed by atoms with van der Waals surface area (Å²) >= 11 is 2.23. The molecule has 0 radical (unpaired) electrons. The van der Waals surface area contributed by atoms with Crippen molar-refractivity contribution in [2.75, 3.05) is 5.32 Å². The van der Waals surface area contributed by atoms with Gasteiger partial charge in [-0.1, -0.05) is 5.21 Å². The lowest BCUT2D eigenvalue weighted by Gasteiger charge is -2.08. The summed E-state index contributed by atoms with van der Waals surface area (Å²) in [5.41, 5.74) is 7.94. The van der Waals surface area contributed by atoms with Gasteiger partial charge in [-0.15, -0.1) is 5.10 Å². The molecule has 0 unspecified atom stereocenters. The van der Waals surface area contributed by atoms with Crippen molar-refractivity contribution in [1.82, 2.24) is 15.0 Å². The lowest BCUT2D eigenvalue weighted by atomic mass is 10.2. The molecule has 0 saturated carbocycles. The molecule has 1 aromatic carbocycles. The zero-order valence-electron chi connectivity index (χ0n) is 10.4. The summed E-state index contributed by atoms with van der Waals surface area (Å²) in [4.78, 5) is 11.9. The minimum Gasteiger partial charge on any atom is -0.325 e. The first-order valence-electron chi connectivity index (χ1n) is 5.73. The Balaban J connectivity index is 2.01. The molecule has 19 heavy (non-hydrogen) atoms. The first-order valence-corrected chi connectivity index (χ1v) is 6.81. The number of aromatic nitrogens is 3. The number of rotatable bonds is 4. The van der Waals surface area contributed by atoms with Gasteiger partial charge in [-0.3, -0.25) is 4.79 Å². The van der Waals surface area contributed by atoms with Crippen LogP contribution in [0.3, 0.4) is 0 Å². The molecule has 0 aliphatic heterocycles. The SMILES string of the molecule is Cc1cc(I)ccc1NC(=O)Cn1cc(CN)nn1. The van der Waals surface area contributed by atoms with Crippen LogP contribution in [0.25, 0.3) is 0 Å². The van der Waals surface area contributed by atoms with Crippen LogP contribution in [-0.4, -0.2) is 20.9 Å². The first-order chi connectivity index (χ1) is 9.08. The molecule has 1 aromatic heterocycles. The summed E-state index contributed by atoms with van der Waals surface area (Å²) < 4.78 is 2.61. The number of amides is 1. The van der Waals surface area contributed by atoms with Gasteiger partial charge < -0.3 is 11.1 Å². The molecule has 0 aliphatic carbocycles. The molecule has 0 aliphatic rings. The molecule has 7 heteroatoms. The van der Waals surface area contributed by atoms with Crippen LogP contribution in [0.5, 0.6) is 0 Å². The number of anilines is 1. The van der Waals surface area contributed by atoms with Crippen molar-refractivity contribution in [3.63, 3.8) is 0 Å². The Morgan fingerprint density at radius 1 is 1.53 bits per heavy atom. The fraction of sp³-hybridized carbons (Fsp3) is 0.250. The van der Waals surface area contributed by atoms with Gasteiger partial charge in [0.2, 0.25) is 5.91 Å². The molecule has 1 heterocycles. The summed E-state index contributed by atoms with van der Waals surface area (Å²) in [6, 6.07) is 5.85. The lowest BCUT2D eigenvalue weighted by molar-refractivity contribution is -0.116. The minimum absolute atomic E-state index is 0.123. The number of nitrogens with two attached hydrogens (primary N) is 1. The zero-order valence-corrected chi connectivity index (χ0v) is 12.6. The van der Waals surface area contributed by atoms with Crippen molar-refractivity contribution in [3.05, 3.63) is 39.2 Å². The second-order valence-corrected chi connectivity index (χ2v) is 5.36. The monoisotopic (exact) mass is 371 g/mol. The third-order valence-corrected chi connectivity index (χ3v) is 3.23. The highest BCUT2D eigenvalue weighted by atomic mass is 127. The van der Waals surface area contributed by atoms with Gasteiger partial charge in [-0.25, -0.2) is 4.68 Å². The predicted octanol–water partition coefficient (Wildman–Crippen LogP) is 1.29. The average Bonchev–Trinajstić information content (AvgIpc) is 2.80. The summed E-state index contributed by atoms with van der Waals surface area (Å²) in [5, 5.41) is 10.5. The van der Waals surface area contributed by atoms with Crippen LogP contribution in [-0.2, 0) is 17.9 Å². The third-order valence-electron chi connectivity index (χ3n) is 2.56. The van der Waals surface area contributed by atoms with E-state index < -0.39 is 0 Å². The molecule has 0 bridgehead atoms. The highest BCUT2D eigenvalue weighted by Crippen LogP contribution is 2.17.